The van der Waals surface area contributed by atoms with Crippen molar-refractivity contribution in [1.29, 1.82) is 0 Å². The van der Waals surface area contributed by atoms with E-state index >= 15 is 0 Å². The van der Waals surface area contributed by atoms with Crippen LogP contribution in [0.3, 0.4) is 0 Å². The number of carbonyl (C=O) groups excluding carboxylic acids is 1. The summed E-state index contributed by atoms with van der Waals surface area (Å²) in [6, 6.07) is 12.6. The molecule has 0 saturated carbocycles. The van der Waals surface area contributed by atoms with E-state index in [0.717, 1.165) is 18.5 Å². The Morgan fingerprint density at radius 3 is 2.05 bits per heavy atom. The molecule has 0 radical (unpaired) electrons. The number of benzene rings is 2. The first kappa shape index (κ1) is 15.3. The van der Waals surface area contributed by atoms with Crippen LogP contribution in [-0.4, -0.2) is 5.91 Å². The standard InChI is InChI=1S/C19H23NO/c1-13-11-14(2)19(15(3)12-13)10-7-17-5-8-18(9-6-17)20-16(4)21/h5-6,8-9,11-12H,7,10H2,1-4H3,(H,20,21). The first-order valence-corrected chi connectivity index (χ1v) is 7.39. The minimum atomic E-state index is -0.0337. The van der Waals surface area contributed by atoms with Crippen LogP contribution in [0.4, 0.5) is 5.69 Å². The molecular formula is C19H23NO. The van der Waals surface area contributed by atoms with Crippen molar-refractivity contribution >= 4 is 11.6 Å². The van der Waals surface area contributed by atoms with Crippen molar-refractivity contribution < 1.29 is 4.79 Å². The Kier molecular flexibility index (Phi) is 4.79. The molecule has 0 bridgehead atoms. The Hall–Kier alpha value is -2.09. The van der Waals surface area contributed by atoms with E-state index in [9.17, 15) is 4.79 Å². The maximum Gasteiger partial charge on any atom is 0.221 e. The van der Waals surface area contributed by atoms with Crippen LogP contribution in [-0.2, 0) is 17.6 Å². The van der Waals surface area contributed by atoms with E-state index in [2.05, 4.69) is 50.4 Å². The molecule has 0 unspecified atom stereocenters. The molecule has 0 aliphatic heterocycles. The van der Waals surface area contributed by atoms with Crippen LogP contribution in [0, 0.1) is 20.8 Å². The Labute approximate surface area is 127 Å². The van der Waals surface area contributed by atoms with Crippen LogP contribution in [0.15, 0.2) is 36.4 Å². The lowest BCUT2D eigenvalue weighted by atomic mass is 9.94. The van der Waals surface area contributed by atoms with E-state index in [1.807, 2.05) is 12.1 Å². The van der Waals surface area contributed by atoms with Gasteiger partial charge in [-0.25, -0.2) is 0 Å². The molecule has 110 valence electrons. The number of rotatable bonds is 4. The summed E-state index contributed by atoms with van der Waals surface area (Å²) in [5.41, 5.74) is 7.68. The molecule has 0 aliphatic rings. The third-order valence-corrected chi connectivity index (χ3v) is 3.78. The zero-order chi connectivity index (χ0) is 15.4. The second-order valence-corrected chi connectivity index (χ2v) is 5.76. The molecular weight excluding hydrogens is 258 g/mol. The smallest absolute Gasteiger partial charge is 0.221 e. The zero-order valence-corrected chi connectivity index (χ0v) is 13.3. The Bertz CT molecular complexity index is 618. The van der Waals surface area contributed by atoms with Crippen LogP contribution in [0.25, 0.3) is 0 Å². The van der Waals surface area contributed by atoms with Gasteiger partial charge < -0.3 is 5.32 Å². The number of hydrogen-bond donors (Lipinski definition) is 1. The first-order chi connectivity index (χ1) is 9.95. The van der Waals surface area contributed by atoms with Gasteiger partial charge in [0.1, 0.15) is 0 Å². The molecule has 1 amide bonds. The molecule has 2 heteroatoms. The zero-order valence-electron chi connectivity index (χ0n) is 13.3. The number of carbonyl (C=O) groups is 1. The Morgan fingerprint density at radius 1 is 0.952 bits per heavy atom. The van der Waals surface area contributed by atoms with Crippen molar-refractivity contribution in [2.75, 3.05) is 5.32 Å². The van der Waals surface area contributed by atoms with E-state index in [1.54, 1.807) is 0 Å². The SMILES string of the molecule is CC(=O)Nc1ccc(CCc2c(C)cc(C)cc2C)cc1. The summed E-state index contributed by atoms with van der Waals surface area (Å²) in [5, 5.41) is 2.79. The molecule has 0 spiro atoms. The van der Waals surface area contributed by atoms with E-state index < -0.39 is 0 Å². The van der Waals surface area contributed by atoms with Crippen LogP contribution < -0.4 is 5.32 Å². The van der Waals surface area contributed by atoms with Crippen molar-refractivity contribution in [3.8, 4) is 0 Å². The van der Waals surface area contributed by atoms with Crippen LogP contribution in [0.2, 0.25) is 0 Å². The molecule has 0 heterocycles. The highest BCUT2D eigenvalue weighted by atomic mass is 16.1. The van der Waals surface area contributed by atoms with Gasteiger partial charge in [0, 0.05) is 12.6 Å². The van der Waals surface area contributed by atoms with Crippen LogP contribution in [0.1, 0.15) is 34.7 Å². The molecule has 21 heavy (non-hydrogen) atoms. The maximum absolute atomic E-state index is 11.0. The largest absolute Gasteiger partial charge is 0.326 e. The fourth-order valence-electron chi connectivity index (χ4n) is 2.83. The Morgan fingerprint density at radius 2 is 1.52 bits per heavy atom. The monoisotopic (exact) mass is 281 g/mol. The fourth-order valence-corrected chi connectivity index (χ4v) is 2.83. The molecule has 1 N–H and O–H groups in total. The third-order valence-electron chi connectivity index (χ3n) is 3.78. The number of nitrogens with one attached hydrogen (secondary N) is 1. The van der Waals surface area contributed by atoms with Crippen LogP contribution >= 0.6 is 0 Å². The van der Waals surface area contributed by atoms with Crippen molar-refractivity contribution in [1.82, 2.24) is 0 Å². The predicted octanol–water partition coefficient (Wildman–Crippen LogP) is 4.36. The van der Waals surface area contributed by atoms with Crippen molar-refractivity contribution in [3.05, 3.63) is 64.2 Å². The lowest BCUT2D eigenvalue weighted by Gasteiger charge is -2.11. The number of aryl methyl sites for hydroxylation is 4. The van der Waals surface area contributed by atoms with Gasteiger partial charge >= 0.3 is 0 Å². The minimum absolute atomic E-state index is 0.0337. The molecule has 2 aromatic carbocycles. The summed E-state index contributed by atoms with van der Waals surface area (Å²) >= 11 is 0. The lowest BCUT2D eigenvalue weighted by Crippen LogP contribution is -2.05. The van der Waals surface area contributed by atoms with Gasteiger partial charge in [-0.15, -0.1) is 0 Å². The summed E-state index contributed by atoms with van der Waals surface area (Å²) in [6.45, 7) is 8.05. The van der Waals surface area contributed by atoms with Crippen molar-refractivity contribution in [3.63, 3.8) is 0 Å². The fraction of sp³-hybridized carbons (Fsp3) is 0.316. The van der Waals surface area contributed by atoms with Crippen LogP contribution in [0.5, 0.6) is 0 Å². The molecule has 0 atom stereocenters. The normalized spacial score (nSPS) is 10.5. The number of amides is 1. The molecule has 0 aromatic heterocycles. The Balaban J connectivity index is 2.05. The summed E-state index contributed by atoms with van der Waals surface area (Å²) in [5.74, 6) is -0.0337. The topological polar surface area (TPSA) is 29.1 Å². The second kappa shape index (κ2) is 6.57. The number of hydrogen-bond acceptors (Lipinski definition) is 1. The van der Waals surface area contributed by atoms with Crippen molar-refractivity contribution in [2.45, 2.75) is 40.5 Å². The van der Waals surface area contributed by atoms with Gasteiger partial charge in [-0.3, -0.25) is 4.79 Å². The highest BCUT2D eigenvalue weighted by Gasteiger charge is 2.04. The lowest BCUT2D eigenvalue weighted by molar-refractivity contribution is -0.114. The van der Waals surface area contributed by atoms with Gasteiger partial charge in [0.05, 0.1) is 0 Å². The molecule has 0 saturated heterocycles. The second-order valence-electron chi connectivity index (χ2n) is 5.76. The summed E-state index contributed by atoms with van der Waals surface area (Å²) in [6.07, 6.45) is 2.07. The predicted molar refractivity (Wildman–Crippen MR) is 88.8 cm³/mol. The minimum Gasteiger partial charge on any atom is -0.326 e. The van der Waals surface area contributed by atoms with E-state index in [-0.39, 0.29) is 5.91 Å². The molecule has 2 aromatic rings. The average Bonchev–Trinajstić information content (AvgIpc) is 2.38. The van der Waals surface area contributed by atoms with Gasteiger partial charge in [-0.05, 0) is 68.0 Å². The third kappa shape index (κ3) is 4.19. The summed E-state index contributed by atoms with van der Waals surface area (Å²) in [7, 11) is 0. The number of anilines is 1. The van der Waals surface area contributed by atoms with Gasteiger partial charge in [-0.2, -0.15) is 0 Å². The van der Waals surface area contributed by atoms with E-state index in [1.165, 1.54) is 34.7 Å². The molecule has 0 fully saturated rings. The molecule has 0 aliphatic carbocycles. The van der Waals surface area contributed by atoms with E-state index in [0.29, 0.717) is 0 Å². The van der Waals surface area contributed by atoms with Gasteiger partial charge in [0.25, 0.3) is 0 Å². The molecule has 2 rings (SSSR count). The molecule has 2 nitrogen and oxygen atoms in total. The maximum atomic E-state index is 11.0. The highest BCUT2D eigenvalue weighted by Crippen LogP contribution is 2.19. The highest BCUT2D eigenvalue weighted by molar-refractivity contribution is 5.88. The van der Waals surface area contributed by atoms with E-state index in [4.69, 9.17) is 0 Å². The first-order valence-electron chi connectivity index (χ1n) is 7.39. The average molecular weight is 281 g/mol. The summed E-state index contributed by atoms with van der Waals surface area (Å²) in [4.78, 5) is 11.0. The van der Waals surface area contributed by atoms with Gasteiger partial charge in [0.15, 0.2) is 0 Å². The quantitative estimate of drug-likeness (QED) is 0.886. The van der Waals surface area contributed by atoms with Crippen molar-refractivity contribution in [2.24, 2.45) is 0 Å². The van der Waals surface area contributed by atoms with Gasteiger partial charge in [0.2, 0.25) is 5.91 Å². The van der Waals surface area contributed by atoms with Gasteiger partial charge in [-0.1, -0.05) is 29.8 Å². The summed E-state index contributed by atoms with van der Waals surface area (Å²) < 4.78 is 0.